The van der Waals surface area contributed by atoms with Gasteiger partial charge in [0.1, 0.15) is 0 Å². The van der Waals surface area contributed by atoms with Crippen LogP contribution in [-0.4, -0.2) is 85.8 Å². The van der Waals surface area contributed by atoms with E-state index in [0.717, 1.165) is 35.7 Å². The number of ether oxygens (including phenoxy) is 2. The molecular weight excluding hydrogens is 540 g/mol. The van der Waals surface area contributed by atoms with Crippen molar-refractivity contribution in [2.75, 3.05) is 50.8 Å². The zero-order chi connectivity index (χ0) is 27.9. The largest absolute Gasteiger partial charge is 0.434 e. The van der Waals surface area contributed by atoms with Crippen molar-refractivity contribution in [2.24, 2.45) is 5.41 Å². The van der Waals surface area contributed by atoms with Crippen LogP contribution in [0.25, 0.3) is 0 Å². The average Bonchev–Trinajstić information content (AvgIpc) is 3.06. The fraction of sp³-hybridized carbons (Fsp3) is 0.720. The molecule has 3 heterocycles. The molecule has 0 aliphatic carbocycles. The Morgan fingerprint density at radius 1 is 1.05 bits per heavy atom. The maximum atomic E-state index is 12.8. The zero-order valence-corrected chi connectivity index (χ0v) is 22.1. The Morgan fingerprint density at radius 2 is 1.66 bits per heavy atom. The van der Waals surface area contributed by atoms with Crippen molar-refractivity contribution in [1.82, 2.24) is 9.80 Å². The van der Waals surface area contributed by atoms with E-state index >= 15 is 0 Å². The fourth-order valence-corrected chi connectivity index (χ4v) is 6.22. The molecule has 0 radical (unpaired) electrons. The van der Waals surface area contributed by atoms with Crippen molar-refractivity contribution >= 4 is 23.4 Å². The van der Waals surface area contributed by atoms with Gasteiger partial charge < -0.3 is 19.3 Å². The molecule has 1 aromatic carbocycles. The molecule has 0 N–H and O–H groups in total. The van der Waals surface area contributed by atoms with Gasteiger partial charge in [-0.25, -0.2) is 4.79 Å². The van der Waals surface area contributed by atoms with Crippen LogP contribution >= 0.6 is 11.6 Å². The van der Waals surface area contributed by atoms with Crippen molar-refractivity contribution < 1.29 is 40.6 Å². The van der Waals surface area contributed by atoms with Crippen LogP contribution in [0.5, 0.6) is 0 Å². The maximum Gasteiger partial charge on any atom is 0.434 e. The van der Waals surface area contributed by atoms with Crippen molar-refractivity contribution in [3.8, 4) is 0 Å². The molecule has 3 fully saturated rings. The Morgan fingerprint density at radius 3 is 2.24 bits per heavy atom. The summed E-state index contributed by atoms with van der Waals surface area (Å²) in [6, 6.07) is 5.96. The second-order valence-electron chi connectivity index (χ2n) is 11.0. The van der Waals surface area contributed by atoms with Crippen LogP contribution in [0.4, 0.5) is 36.8 Å². The number of morpholine rings is 1. The third-order valence-electron chi connectivity index (χ3n) is 7.86. The molecule has 3 aliphatic heterocycles. The quantitative estimate of drug-likeness (QED) is 0.423. The Hall–Kier alpha value is -1.92. The first-order chi connectivity index (χ1) is 17.6. The highest BCUT2D eigenvalue weighted by atomic mass is 35.5. The fourth-order valence-electron chi connectivity index (χ4n) is 5.91. The molecule has 214 valence electrons. The van der Waals surface area contributed by atoms with E-state index in [1.165, 1.54) is 0 Å². The minimum atomic E-state index is -5.73. The van der Waals surface area contributed by atoms with E-state index < -0.39 is 24.5 Å². The molecule has 0 atom stereocenters. The molecule has 0 aromatic heterocycles. The van der Waals surface area contributed by atoms with E-state index in [-0.39, 0.29) is 24.0 Å². The van der Waals surface area contributed by atoms with Gasteiger partial charge in [0.2, 0.25) is 0 Å². The number of carbonyl (C=O) groups excluding carboxylic acids is 1. The van der Waals surface area contributed by atoms with E-state index in [9.17, 15) is 31.1 Å². The summed E-state index contributed by atoms with van der Waals surface area (Å²) < 4.78 is 86.2. The first kappa shape index (κ1) is 29.1. The summed E-state index contributed by atoms with van der Waals surface area (Å²) in [6.45, 7) is 8.33. The van der Waals surface area contributed by atoms with Crippen LogP contribution in [0.15, 0.2) is 18.2 Å². The average molecular weight is 572 g/mol. The van der Waals surface area contributed by atoms with Crippen molar-refractivity contribution in [3.05, 3.63) is 28.8 Å². The van der Waals surface area contributed by atoms with Crippen LogP contribution in [0, 0.1) is 5.41 Å². The third-order valence-corrected chi connectivity index (χ3v) is 8.29. The van der Waals surface area contributed by atoms with Crippen LogP contribution in [0.2, 0.25) is 5.02 Å². The van der Waals surface area contributed by atoms with E-state index in [1.54, 1.807) is 0 Å². The number of hydrogen-bond acceptors (Lipinski definition) is 5. The Kier molecular flexibility index (Phi) is 8.09. The number of carbonyl (C=O) groups is 1. The van der Waals surface area contributed by atoms with Crippen molar-refractivity contribution in [2.45, 2.75) is 63.7 Å². The van der Waals surface area contributed by atoms with Gasteiger partial charge in [-0.2, -0.15) is 26.3 Å². The van der Waals surface area contributed by atoms with Crippen molar-refractivity contribution in [1.29, 1.82) is 0 Å². The normalized spacial score (nSPS) is 22.4. The number of halogens is 7. The molecule has 0 bridgehead atoms. The summed E-state index contributed by atoms with van der Waals surface area (Å²) in [7, 11) is 0. The topological polar surface area (TPSA) is 45.2 Å². The molecule has 1 aromatic rings. The highest BCUT2D eigenvalue weighted by molar-refractivity contribution is 6.34. The third kappa shape index (κ3) is 6.28. The smallest absolute Gasteiger partial charge is 0.426 e. The number of alkyl halides is 6. The summed E-state index contributed by atoms with van der Waals surface area (Å²) >= 11 is 6.82. The molecule has 3 saturated heterocycles. The second kappa shape index (κ2) is 10.6. The SMILES string of the molecule is CC1(C)CC2(CCN(C(=O)OC(C(F)(F)F)C(F)(F)F)CC2)CN1Cc1cccc(N2CCOCC2)c1Cl. The molecular formula is C25H32ClF6N3O3. The van der Waals surface area contributed by atoms with Crippen LogP contribution in [0.3, 0.4) is 0 Å². The lowest BCUT2D eigenvalue weighted by atomic mass is 9.74. The molecule has 6 nitrogen and oxygen atoms in total. The van der Waals surface area contributed by atoms with E-state index in [4.69, 9.17) is 16.3 Å². The number of anilines is 1. The number of amides is 1. The number of likely N-dealkylation sites (tertiary alicyclic amines) is 2. The zero-order valence-electron chi connectivity index (χ0n) is 21.3. The standard InChI is InChI=1S/C25H32ClF6N3O3/c1-22(2)15-23(6-8-34(9-7-23)21(36)38-20(24(27,28)29)25(30,31)32)16-35(22)14-17-4-3-5-18(19(17)26)33-10-12-37-13-11-33/h3-5,20H,6-16H2,1-2H3. The lowest BCUT2D eigenvalue weighted by Gasteiger charge is -2.39. The Balaban J connectivity index is 1.40. The molecule has 1 amide bonds. The van der Waals surface area contributed by atoms with Crippen LogP contribution < -0.4 is 4.90 Å². The number of benzene rings is 1. The van der Waals surface area contributed by atoms with Gasteiger partial charge >= 0.3 is 18.4 Å². The van der Waals surface area contributed by atoms with E-state index in [2.05, 4.69) is 28.4 Å². The number of nitrogens with zero attached hydrogens (tertiary/aromatic N) is 3. The van der Waals surface area contributed by atoms with Crippen LogP contribution in [0.1, 0.15) is 38.7 Å². The van der Waals surface area contributed by atoms with Gasteiger partial charge in [0.15, 0.2) is 0 Å². The minimum Gasteiger partial charge on any atom is -0.426 e. The summed E-state index contributed by atoms with van der Waals surface area (Å²) in [5.74, 6) is 0. The van der Waals surface area contributed by atoms with Gasteiger partial charge in [-0.3, -0.25) is 4.90 Å². The van der Waals surface area contributed by atoms with Gasteiger partial charge in [0.25, 0.3) is 6.10 Å². The second-order valence-corrected chi connectivity index (χ2v) is 11.4. The lowest BCUT2D eigenvalue weighted by Crippen LogP contribution is -2.50. The highest BCUT2D eigenvalue weighted by Gasteiger charge is 2.60. The molecule has 38 heavy (non-hydrogen) atoms. The Bertz CT molecular complexity index is 991. The summed E-state index contributed by atoms with van der Waals surface area (Å²) in [5, 5.41) is 0.688. The van der Waals surface area contributed by atoms with E-state index in [0.29, 0.717) is 44.2 Å². The predicted molar refractivity (Wildman–Crippen MR) is 129 cm³/mol. The first-order valence-corrected chi connectivity index (χ1v) is 12.9. The van der Waals surface area contributed by atoms with Gasteiger partial charge in [-0.15, -0.1) is 0 Å². The monoisotopic (exact) mass is 571 g/mol. The molecule has 3 aliphatic rings. The molecule has 0 unspecified atom stereocenters. The molecule has 0 saturated carbocycles. The minimum absolute atomic E-state index is 0.0262. The summed E-state index contributed by atoms with van der Waals surface area (Å²) in [5.41, 5.74) is 1.50. The molecule has 13 heteroatoms. The van der Waals surface area contributed by atoms with Gasteiger partial charge in [0, 0.05) is 44.8 Å². The maximum absolute atomic E-state index is 12.8. The molecule has 4 rings (SSSR count). The number of piperidine rings is 1. The molecule has 1 spiro atoms. The van der Waals surface area contributed by atoms with Gasteiger partial charge in [-0.1, -0.05) is 23.7 Å². The number of rotatable bonds is 4. The van der Waals surface area contributed by atoms with Gasteiger partial charge in [-0.05, 0) is 50.2 Å². The van der Waals surface area contributed by atoms with Gasteiger partial charge in [0.05, 0.1) is 23.9 Å². The summed E-state index contributed by atoms with van der Waals surface area (Å²) in [4.78, 5) is 17.7. The highest BCUT2D eigenvalue weighted by Crippen LogP contribution is 2.49. The first-order valence-electron chi connectivity index (χ1n) is 12.6. The van der Waals surface area contributed by atoms with E-state index in [1.807, 2.05) is 18.2 Å². The predicted octanol–water partition coefficient (Wildman–Crippen LogP) is 5.87. The lowest BCUT2D eigenvalue weighted by molar-refractivity contribution is -0.308. The summed E-state index contributed by atoms with van der Waals surface area (Å²) in [6.07, 6.45) is -15.5. The van der Waals surface area contributed by atoms with Crippen molar-refractivity contribution in [3.63, 3.8) is 0 Å². The Labute approximate surface area is 222 Å². The van der Waals surface area contributed by atoms with Crippen LogP contribution in [-0.2, 0) is 16.0 Å². The number of hydrogen-bond donors (Lipinski definition) is 0.